The molecule has 0 atom stereocenters. The third-order valence-corrected chi connectivity index (χ3v) is 3.55. The van der Waals surface area contributed by atoms with Gasteiger partial charge in [-0.2, -0.15) is 0 Å². The summed E-state index contributed by atoms with van der Waals surface area (Å²) in [6.07, 6.45) is 5.12. The Morgan fingerprint density at radius 3 is 2.56 bits per heavy atom. The molecule has 0 aliphatic heterocycles. The highest BCUT2D eigenvalue weighted by Crippen LogP contribution is 2.29. The van der Waals surface area contributed by atoms with Crippen LogP contribution in [0, 0.1) is 6.92 Å². The summed E-state index contributed by atoms with van der Waals surface area (Å²) < 4.78 is 0.770. The molecule has 4 nitrogen and oxygen atoms in total. The number of aryl methyl sites for hydroxylation is 1. The van der Waals surface area contributed by atoms with Crippen molar-refractivity contribution in [3.05, 3.63) is 33.9 Å². The van der Waals surface area contributed by atoms with Gasteiger partial charge in [-0.15, -0.1) is 0 Å². The Hall–Kier alpha value is -0.720. The first-order chi connectivity index (χ1) is 7.65. The minimum atomic E-state index is 0.206. The van der Waals surface area contributed by atoms with Crippen LogP contribution in [0.15, 0.2) is 33.2 Å². The summed E-state index contributed by atoms with van der Waals surface area (Å²) in [6, 6.07) is 0. The van der Waals surface area contributed by atoms with Crippen LogP contribution in [-0.2, 0) is 0 Å². The molecule has 0 saturated carbocycles. The molecule has 0 aliphatic rings. The summed E-state index contributed by atoms with van der Waals surface area (Å²) >= 11 is 10.4. The average Bonchev–Trinajstić information content (AvgIpc) is 2.27. The maximum atomic E-state index is 5.71. The van der Waals surface area contributed by atoms with Gasteiger partial charge >= 0.3 is 0 Å². The minimum absolute atomic E-state index is 0.206. The fourth-order valence-electron chi connectivity index (χ4n) is 0.923. The van der Waals surface area contributed by atoms with E-state index in [4.69, 9.17) is 11.6 Å². The standard InChI is InChI=1S/C9H6BrClN4S/c1-5-2-13-9(14-3-5)16-7-6(10)4-12-8(11)15-7/h2-4H,1H3. The first kappa shape index (κ1) is 11.8. The molecular formula is C9H6BrClN4S. The maximum Gasteiger partial charge on any atom is 0.223 e. The summed E-state index contributed by atoms with van der Waals surface area (Å²) in [5.41, 5.74) is 1.02. The lowest BCUT2D eigenvalue weighted by Crippen LogP contribution is -1.90. The van der Waals surface area contributed by atoms with Gasteiger partial charge in [-0.05, 0) is 51.8 Å². The number of halogens is 2. The Morgan fingerprint density at radius 1 is 1.19 bits per heavy atom. The molecular weight excluding hydrogens is 312 g/mol. The lowest BCUT2D eigenvalue weighted by Gasteiger charge is -2.01. The Bertz CT molecular complexity index is 505. The van der Waals surface area contributed by atoms with Gasteiger partial charge < -0.3 is 0 Å². The van der Waals surface area contributed by atoms with Crippen LogP contribution in [-0.4, -0.2) is 19.9 Å². The molecule has 0 amide bonds. The molecule has 7 heteroatoms. The predicted octanol–water partition coefficient (Wildman–Crippen LogP) is 3.14. The van der Waals surface area contributed by atoms with E-state index in [-0.39, 0.29) is 5.28 Å². The lowest BCUT2D eigenvalue weighted by atomic mass is 10.4. The van der Waals surface area contributed by atoms with Crippen LogP contribution in [0.2, 0.25) is 5.28 Å². The number of rotatable bonds is 2. The van der Waals surface area contributed by atoms with Gasteiger partial charge in [0.15, 0.2) is 5.16 Å². The third-order valence-electron chi connectivity index (χ3n) is 1.63. The van der Waals surface area contributed by atoms with E-state index in [0.29, 0.717) is 10.2 Å². The molecule has 2 aromatic rings. The number of hydrogen-bond acceptors (Lipinski definition) is 5. The Kier molecular flexibility index (Phi) is 3.73. The van der Waals surface area contributed by atoms with E-state index in [2.05, 4.69) is 35.9 Å². The van der Waals surface area contributed by atoms with Crippen LogP contribution in [0.25, 0.3) is 0 Å². The van der Waals surface area contributed by atoms with Crippen LogP contribution >= 0.6 is 39.3 Å². The largest absolute Gasteiger partial charge is 0.231 e. The molecule has 0 radical (unpaired) electrons. The van der Waals surface area contributed by atoms with Crippen molar-refractivity contribution >= 4 is 39.3 Å². The Labute approximate surface area is 110 Å². The van der Waals surface area contributed by atoms with E-state index >= 15 is 0 Å². The van der Waals surface area contributed by atoms with E-state index in [1.807, 2.05) is 6.92 Å². The molecule has 0 aromatic carbocycles. The summed E-state index contributed by atoms with van der Waals surface area (Å²) in [5.74, 6) is 0. The van der Waals surface area contributed by atoms with Crippen molar-refractivity contribution < 1.29 is 0 Å². The van der Waals surface area contributed by atoms with Gasteiger partial charge in [0, 0.05) is 18.6 Å². The zero-order chi connectivity index (χ0) is 11.5. The quantitative estimate of drug-likeness (QED) is 0.629. The highest BCUT2D eigenvalue weighted by atomic mass is 79.9. The molecule has 0 N–H and O–H groups in total. The van der Waals surface area contributed by atoms with E-state index in [0.717, 1.165) is 10.0 Å². The van der Waals surface area contributed by atoms with Gasteiger partial charge in [-0.1, -0.05) is 0 Å². The first-order valence-electron chi connectivity index (χ1n) is 4.29. The van der Waals surface area contributed by atoms with Crippen molar-refractivity contribution in [3.63, 3.8) is 0 Å². The lowest BCUT2D eigenvalue weighted by molar-refractivity contribution is 0.938. The molecule has 2 rings (SSSR count). The van der Waals surface area contributed by atoms with Gasteiger partial charge in [0.1, 0.15) is 5.03 Å². The van der Waals surface area contributed by atoms with Gasteiger partial charge in [0.2, 0.25) is 5.28 Å². The van der Waals surface area contributed by atoms with Crippen molar-refractivity contribution in [1.29, 1.82) is 0 Å². The Morgan fingerprint density at radius 2 is 1.88 bits per heavy atom. The van der Waals surface area contributed by atoms with Crippen LogP contribution in [0.1, 0.15) is 5.56 Å². The molecule has 0 spiro atoms. The highest BCUT2D eigenvalue weighted by molar-refractivity contribution is 9.10. The van der Waals surface area contributed by atoms with Crippen molar-refractivity contribution in [3.8, 4) is 0 Å². The second-order valence-corrected chi connectivity index (χ2v) is 5.09. The SMILES string of the molecule is Cc1cnc(Sc2nc(Cl)ncc2Br)nc1. The van der Waals surface area contributed by atoms with Gasteiger partial charge in [0.05, 0.1) is 4.47 Å². The average molecular weight is 318 g/mol. The molecule has 0 unspecified atom stereocenters. The second kappa shape index (κ2) is 5.07. The van der Waals surface area contributed by atoms with Crippen molar-refractivity contribution in [2.24, 2.45) is 0 Å². The monoisotopic (exact) mass is 316 g/mol. The van der Waals surface area contributed by atoms with Gasteiger partial charge in [-0.3, -0.25) is 0 Å². The summed E-state index contributed by atoms with van der Waals surface area (Å²) in [7, 11) is 0. The number of hydrogen-bond donors (Lipinski definition) is 0. The van der Waals surface area contributed by atoms with Crippen LogP contribution in [0.5, 0.6) is 0 Å². The Balaban J connectivity index is 2.26. The molecule has 0 aliphatic carbocycles. The molecule has 2 heterocycles. The highest BCUT2D eigenvalue weighted by Gasteiger charge is 2.07. The zero-order valence-electron chi connectivity index (χ0n) is 8.19. The number of aromatic nitrogens is 4. The topological polar surface area (TPSA) is 51.6 Å². The fourth-order valence-corrected chi connectivity index (χ4v) is 2.21. The second-order valence-electron chi connectivity index (χ2n) is 2.94. The summed E-state index contributed by atoms with van der Waals surface area (Å²) in [5, 5.41) is 1.53. The minimum Gasteiger partial charge on any atom is -0.231 e. The fraction of sp³-hybridized carbons (Fsp3) is 0.111. The first-order valence-corrected chi connectivity index (χ1v) is 6.28. The van der Waals surface area contributed by atoms with Gasteiger partial charge in [-0.25, -0.2) is 19.9 Å². The van der Waals surface area contributed by atoms with Gasteiger partial charge in [0.25, 0.3) is 0 Å². The van der Waals surface area contributed by atoms with Crippen molar-refractivity contribution in [1.82, 2.24) is 19.9 Å². The summed E-state index contributed by atoms with van der Waals surface area (Å²) in [6.45, 7) is 1.94. The molecule has 16 heavy (non-hydrogen) atoms. The normalized spacial score (nSPS) is 10.4. The van der Waals surface area contributed by atoms with E-state index < -0.39 is 0 Å². The predicted molar refractivity (Wildman–Crippen MR) is 65.6 cm³/mol. The molecule has 0 bridgehead atoms. The zero-order valence-corrected chi connectivity index (χ0v) is 11.3. The number of nitrogens with zero attached hydrogens (tertiary/aromatic N) is 4. The molecule has 0 fully saturated rings. The van der Waals surface area contributed by atoms with Crippen LogP contribution in [0.4, 0.5) is 0 Å². The van der Waals surface area contributed by atoms with Crippen molar-refractivity contribution in [2.45, 2.75) is 17.1 Å². The molecule has 0 saturated heterocycles. The van der Waals surface area contributed by atoms with E-state index in [1.165, 1.54) is 11.8 Å². The molecule has 2 aromatic heterocycles. The van der Waals surface area contributed by atoms with E-state index in [9.17, 15) is 0 Å². The van der Waals surface area contributed by atoms with Crippen LogP contribution < -0.4 is 0 Å². The van der Waals surface area contributed by atoms with Crippen molar-refractivity contribution in [2.75, 3.05) is 0 Å². The third kappa shape index (κ3) is 2.90. The van der Waals surface area contributed by atoms with E-state index in [1.54, 1.807) is 18.6 Å². The molecule has 82 valence electrons. The van der Waals surface area contributed by atoms with Crippen LogP contribution in [0.3, 0.4) is 0 Å². The summed E-state index contributed by atoms with van der Waals surface area (Å²) in [4.78, 5) is 16.3. The maximum absolute atomic E-state index is 5.71. The smallest absolute Gasteiger partial charge is 0.223 e.